The smallest absolute Gasteiger partial charge is 0.292 e. The van der Waals surface area contributed by atoms with Gasteiger partial charge in [-0.3, -0.25) is 15.0 Å². The van der Waals surface area contributed by atoms with Crippen LogP contribution in [0.2, 0.25) is 0 Å². The summed E-state index contributed by atoms with van der Waals surface area (Å²) < 4.78 is 0. The summed E-state index contributed by atoms with van der Waals surface area (Å²) in [5.41, 5.74) is 3.97. The van der Waals surface area contributed by atoms with E-state index in [4.69, 9.17) is 5.26 Å². The average molecular weight is 287 g/mol. The van der Waals surface area contributed by atoms with E-state index >= 15 is 0 Å². The third-order valence-corrected chi connectivity index (χ3v) is 3.63. The molecule has 0 spiro atoms. The Morgan fingerprint density at radius 1 is 0.955 bits per heavy atom. The van der Waals surface area contributed by atoms with Gasteiger partial charge in [0.1, 0.15) is 0 Å². The molecule has 0 saturated heterocycles. The van der Waals surface area contributed by atoms with Gasteiger partial charge in [-0.25, -0.2) is 0 Å². The molecular weight excluding hydrogens is 278 g/mol. The zero-order chi connectivity index (χ0) is 15.1. The number of aromatic amines is 2. The van der Waals surface area contributed by atoms with Gasteiger partial charge in [-0.1, -0.05) is 18.2 Å². The summed E-state index contributed by atoms with van der Waals surface area (Å²) >= 11 is 0. The Morgan fingerprint density at radius 2 is 1.73 bits per heavy atom. The second-order valence-electron chi connectivity index (χ2n) is 4.92. The van der Waals surface area contributed by atoms with Crippen molar-refractivity contribution < 1.29 is 0 Å². The number of fused-ring (bicyclic) bond motifs is 3. The van der Waals surface area contributed by atoms with Gasteiger partial charge >= 0.3 is 0 Å². The largest absolute Gasteiger partial charge is 0.295 e. The van der Waals surface area contributed by atoms with Crippen LogP contribution in [0.1, 0.15) is 5.56 Å². The summed E-state index contributed by atoms with van der Waals surface area (Å²) in [5.74, 6) is 0. The molecule has 4 aromatic rings. The van der Waals surface area contributed by atoms with Gasteiger partial charge in [-0.05, 0) is 35.4 Å². The number of aromatic nitrogens is 4. The molecule has 4 rings (SSSR count). The van der Waals surface area contributed by atoms with Crippen molar-refractivity contribution >= 4 is 21.9 Å². The maximum Gasteiger partial charge on any atom is 0.292 e. The quantitative estimate of drug-likeness (QED) is 0.561. The molecule has 0 unspecified atom stereocenters. The van der Waals surface area contributed by atoms with Crippen LogP contribution in [0.4, 0.5) is 0 Å². The van der Waals surface area contributed by atoms with E-state index in [0.29, 0.717) is 22.1 Å². The number of nitrogens with one attached hydrogen (secondary N) is 2. The highest BCUT2D eigenvalue weighted by Gasteiger charge is 2.09. The standard InChI is InChI=1S/C16H9N5O/c17-8-9-1-3-10(4-2-9)11-5-6-12-13(7-11)18-20-15-14(12)19-21-16(15)22/h1-7H,(H2,19,21,22). The lowest BCUT2D eigenvalue weighted by atomic mass is 10.0. The molecule has 0 aliphatic heterocycles. The first-order valence-corrected chi connectivity index (χ1v) is 6.63. The fourth-order valence-electron chi connectivity index (χ4n) is 2.49. The van der Waals surface area contributed by atoms with E-state index < -0.39 is 0 Å². The van der Waals surface area contributed by atoms with Crippen molar-refractivity contribution in [2.45, 2.75) is 0 Å². The van der Waals surface area contributed by atoms with Crippen molar-refractivity contribution in [2.75, 3.05) is 0 Å². The minimum Gasteiger partial charge on any atom is -0.295 e. The van der Waals surface area contributed by atoms with Crippen LogP contribution in [0.5, 0.6) is 0 Å². The zero-order valence-corrected chi connectivity index (χ0v) is 11.3. The summed E-state index contributed by atoms with van der Waals surface area (Å²) in [7, 11) is 0. The van der Waals surface area contributed by atoms with Gasteiger partial charge in [0.15, 0.2) is 5.52 Å². The van der Waals surface area contributed by atoms with Crippen LogP contribution in [0.25, 0.3) is 33.1 Å². The molecule has 104 valence electrons. The van der Waals surface area contributed by atoms with Gasteiger partial charge in [0.25, 0.3) is 5.56 Å². The lowest BCUT2D eigenvalue weighted by molar-refractivity contribution is 1.08. The first-order chi connectivity index (χ1) is 10.8. The molecule has 0 saturated carbocycles. The van der Waals surface area contributed by atoms with E-state index in [1.807, 2.05) is 30.3 Å². The van der Waals surface area contributed by atoms with Crippen molar-refractivity contribution in [2.24, 2.45) is 0 Å². The van der Waals surface area contributed by atoms with E-state index in [9.17, 15) is 4.79 Å². The van der Waals surface area contributed by atoms with E-state index in [2.05, 4.69) is 26.5 Å². The Hall–Kier alpha value is -3.46. The van der Waals surface area contributed by atoms with E-state index in [1.165, 1.54) is 0 Å². The zero-order valence-electron chi connectivity index (χ0n) is 11.3. The van der Waals surface area contributed by atoms with Gasteiger partial charge in [-0.15, -0.1) is 10.2 Å². The van der Waals surface area contributed by atoms with Crippen LogP contribution >= 0.6 is 0 Å². The second kappa shape index (κ2) is 4.53. The number of rotatable bonds is 1. The number of H-pyrrole nitrogens is 2. The Morgan fingerprint density at radius 3 is 2.50 bits per heavy atom. The Bertz CT molecular complexity index is 1100. The maximum atomic E-state index is 11.6. The molecule has 2 N–H and O–H groups in total. The van der Waals surface area contributed by atoms with Crippen molar-refractivity contribution in [3.8, 4) is 17.2 Å². The average Bonchev–Trinajstić information content (AvgIpc) is 2.96. The summed E-state index contributed by atoms with van der Waals surface area (Å²) in [4.78, 5) is 11.6. The molecule has 6 nitrogen and oxygen atoms in total. The van der Waals surface area contributed by atoms with Gasteiger partial charge < -0.3 is 0 Å². The predicted molar refractivity (Wildman–Crippen MR) is 82.2 cm³/mol. The molecule has 2 heterocycles. The molecule has 6 heteroatoms. The predicted octanol–water partition coefficient (Wildman–Crippen LogP) is 2.34. The molecule has 22 heavy (non-hydrogen) atoms. The number of hydrogen-bond acceptors (Lipinski definition) is 4. The third-order valence-electron chi connectivity index (χ3n) is 3.63. The maximum absolute atomic E-state index is 11.6. The number of hydrogen-bond donors (Lipinski definition) is 2. The normalized spacial score (nSPS) is 10.9. The Balaban J connectivity index is 1.92. The number of benzene rings is 2. The van der Waals surface area contributed by atoms with Crippen molar-refractivity contribution in [3.63, 3.8) is 0 Å². The van der Waals surface area contributed by atoms with Crippen LogP contribution in [-0.4, -0.2) is 20.4 Å². The first kappa shape index (κ1) is 12.3. The van der Waals surface area contributed by atoms with Crippen LogP contribution in [0, 0.1) is 11.3 Å². The minimum absolute atomic E-state index is 0.277. The molecule has 2 aromatic carbocycles. The fourth-order valence-corrected chi connectivity index (χ4v) is 2.49. The molecule has 0 aliphatic carbocycles. The van der Waals surface area contributed by atoms with E-state index in [0.717, 1.165) is 16.5 Å². The lowest BCUT2D eigenvalue weighted by Gasteiger charge is -2.04. The van der Waals surface area contributed by atoms with Gasteiger partial charge in [-0.2, -0.15) is 5.26 Å². The summed E-state index contributed by atoms with van der Waals surface area (Å²) in [5, 5.41) is 23.1. The van der Waals surface area contributed by atoms with Gasteiger partial charge in [0, 0.05) is 5.39 Å². The second-order valence-corrected chi connectivity index (χ2v) is 4.92. The highest BCUT2D eigenvalue weighted by atomic mass is 16.1. The summed E-state index contributed by atoms with van der Waals surface area (Å²) in [6.07, 6.45) is 0. The molecule has 0 bridgehead atoms. The monoisotopic (exact) mass is 287 g/mol. The van der Waals surface area contributed by atoms with Crippen LogP contribution in [0.15, 0.2) is 47.3 Å². The highest BCUT2D eigenvalue weighted by molar-refractivity contribution is 6.01. The minimum atomic E-state index is -0.277. The Kier molecular flexibility index (Phi) is 2.53. The SMILES string of the molecule is N#Cc1ccc(-c2ccc3c(c2)nnc2c(=O)[nH][nH]c23)cc1. The lowest BCUT2D eigenvalue weighted by Crippen LogP contribution is -2.00. The topological polar surface area (TPSA) is 98.2 Å². The third kappa shape index (κ3) is 1.77. The molecule has 0 radical (unpaired) electrons. The van der Waals surface area contributed by atoms with Crippen molar-refractivity contribution in [1.82, 2.24) is 20.4 Å². The molecule has 2 aromatic heterocycles. The first-order valence-electron chi connectivity index (χ1n) is 6.63. The van der Waals surface area contributed by atoms with Crippen molar-refractivity contribution in [1.29, 1.82) is 5.26 Å². The van der Waals surface area contributed by atoms with Crippen LogP contribution in [-0.2, 0) is 0 Å². The summed E-state index contributed by atoms with van der Waals surface area (Å²) in [6.45, 7) is 0. The highest BCUT2D eigenvalue weighted by Crippen LogP contribution is 2.25. The molecular formula is C16H9N5O. The van der Waals surface area contributed by atoms with Gasteiger partial charge in [0.05, 0.1) is 22.7 Å². The van der Waals surface area contributed by atoms with Crippen molar-refractivity contribution in [3.05, 3.63) is 58.4 Å². The molecule has 0 fully saturated rings. The summed E-state index contributed by atoms with van der Waals surface area (Å²) in [6, 6.07) is 15.2. The fraction of sp³-hybridized carbons (Fsp3) is 0. The molecule has 0 atom stereocenters. The van der Waals surface area contributed by atoms with E-state index in [1.54, 1.807) is 12.1 Å². The van der Waals surface area contributed by atoms with E-state index in [-0.39, 0.29) is 5.56 Å². The Labute approximate surface area is 124 Å². The molecule has 0 amide bonds. The molecule has 0 aliphatic rings. The van der Waals surface area contributed by atoms with Crippen LogP contribution in [0.3, 0.4) is 0 Å². The van der Waals surface area contributed by atoms with Crippen LogP contribution < -0.4 is 5.56 Å². The van der Waals surface area contributed by atoms with Gasteiger partial charge in [0.2, 0.25) is 0 Å². The number of nitriles is 1. The number of nitrogens with zero attached hydrogens (tertiary/aromatic N) is 3.